The average molecular weight is 463 g/mol. The summed E-state index contributed by atoms with van der Waals surface area (Å²) in [6.07, 6.45) is 0. The highest BCUT2D eigenvalue weighted by Gasteiger charge is 2.25. The third-order valence-electron chi connectivity index (χ3n) is 5.53. The molecule has 2 heterocycles. The molecule has 34 heavy (non-hydrogen) atoms. The normalized spacial score (nSPS) is 12.1. The molecule has 0 radical (unpaired) electrons. The molecule has 0 N–H and O–H groups in total. The SMILES string of the molecule is Cc1ccc(CN(Cc2ccc3c(c2)OCO3)C(=O)CN(CC(C)C)C(=O)c2ccccc2)o1. The number of amides is 2. The van der Waals surface area contributed by atoms with Gasteiger partial charge in [-0.2, -0.15) is 0 Å². The number of nitrogens with zero attached hydrogens (tertiary/aromatic N) is 2. The van der Waals surface area contributed by atoms with Crippen molar-refractivity contribution < 1.29 is 23.5 Å². The van der Waals surface area contributed by atoms with Gasteiger partial charge in [-0.05, 0) is 54.8 Å². The van der Waals surface area contributed by atoms with Gasteiger partial charge < -0.3 is 23.7 Å². The standard InChI is InChI=1S/C27H30N2O5/c1-19(2)14-29(27(31)22-7-5-4-6-8-22)17-26(30)28(16-23-11-9-20(3)34-23)15-21-10-12-24-25(13-21)33-18-32-24/h4-13,19H,14-18H2,1-3H3. The molecular formula is C27H30N2O5. The molecule has 0 saturated carbocycles. The van der Waals surface area contributed by atoms with E-state index in [1.807, 2.05) is 69.3 Å². The average Bonchev–Trinajstić information content (AvgIpc) is 3.46. The highest BCUT2D eigenvalue weighted by molar-refractivity contribution is 5.96. The quantitative estimate of drug-likeness (QED) is 0.463. The van der Waals surface area contributed by atoms with Crippen LogP contribution in [0.4, 0.5) is 0 Å². The molecule has 7 nitrogen and oxygen atoms in total. The molecule has 0 bridgehead atoms. The maximum Gasteiger partial charge on any atom is 0.254 e. The van der Waals surface area contributed by atoms with E-state index in [1.54, 1.807) is 21.9 Å². The smallest absolute Gasteiger partial charge is 0.254 e. The van der Waals surface area contributed by atoms with Gasteiger partial charge >= 0.3 is 0 Å². The van der Waals surface area contributed by atoms with Gasteiger partial charge in [0.05, 0.1) is 6.54 Å². The Balaban J connectivity index is 1.55. The Morgan fingerprint density at radius 2 is 1.68 bits per heavy atom. The first-order valence-electron chi connectivity index (χ1n) is 11.4. The number of carbonyl (C=O) groups excluding carboxylic acids is 2. The van der Waals surface area contributed by atoms with Crippen LogP contribution in [0.2, 0.25) is 0 Å². The first-order valence-corrected chi connectivity index (χ1v) is 11.4. The fourth-order valence-corrected chi connectivity index (χ4v) is 3.94. The van der Waals surface area contributed by atoms with Gasteiger partial charge in [-0.25, -0.2) is 0 Å². The van der Waals surface area contributed by atoms with Gasteiger partial charge in [0.25, 0.3) is 5.91 Å². The topological polar surface area (TPSA) is 72.2 Å². The van der Waals surface area contributed by atoms with E-state index in [-0.39, 0.29) is 31.1 Å². The number of rotatable bonds is 9. The zero-order valence-electron chi connectivity index (χ0n) is 19.8. The molecule has 178 valence electrons. The number of furan rings is 1. The Bertz CT molecular complexity index is 1140. The molecule has 0 unspecified atom stereocenters. The van der Waals surface area contributed by atoms with E-state index < -0.39 is 0 Å². The van der Waals surface area contributed by atoms with Crippen LogP contribution in [0.25, 0.3) is 0 Å². The molecular weight excluding hydrogens is 432 g/mol. The first kappa shape index (κ1) is 23.4. The highest BCUT2D eigenvalue weighted by Crippen LogP contribution is 2.33. The zero-order chi connectivity index (χ0) is 24.1. The van der Waals surface area contributed by atoms with E-state index in [1.165, 1.54) is 0 Å². The zero-order valence-corrected chi connectivity index (χ0v) is 19.8. The lowest BCUT2D eigenvalue weighted by Crippen LogP contribution is -2.43. The van der Waals surface area contributed by atoms with Crippen molar-refractivity contribution >= 4 is 11.8 Å². The third-order valence-corrected chi connectivity index (χ3v) is 5.53. The molecule has 0 saturated heterocycles. The predicted octanol–water partition coefficient (Wildman–Crippen LogP) is 4.64. The van der Waals surface area contributed by atoms with Crippen LogP contribution in [0.1, 0.15) is 41.3 Å². The Hall–Kier alpha value is -3.74. The minimum atomic E-state index is -0.156. The van der Waals surface area contributed by atoms with Crippen molar-refractivity contribution in [3.8, 4) is 11.5 Å². The van der Waals surface area contributed by atoms with Gasteiger partial charge in [0.2, 0.25) is 12.7 Å². The molecule has 3 aromatic rings. The van der Waals surface area contributed by atoms with Crippen LogP contribution in [0, 0.1) is 12.8 Å². The number of fused-ring (bicyclic) bond motifs is 1. The predicted molar refractivity (Wildman–Crippen MR) is 127 cm³/mol. The van der Waals surface area contributed by atoms with Crippen LogP contribution in [0.3, 0.4) is 0 Å². The molecule has 1 aliphatic heterocycles. The third kappa shape index (κ3) is 5.78. The van der Waals surface area contributed by atoms with E-state index in [4.69, 9.17) is 13.9 Å². The van der Waals surface area contributed by atoms with Crippen LogP contribution in [-0.4, -0.2) is 41.5 Å². The molecule has 0 aliphatic carbocycles. The van der Waals surface area contributed by atoms with Crippen molar-refractivity contribution in [2.45, 2.75) is 33.9 Å². The number of aryl methyl sites for hydroxylation is 1. The molecule has 2 amide bonds. The van der Waals surface area contributed by atoms with Crippen molar-refractivity contribution in [1.29, 1.82) is 0 Å². The number of ether oxygens (including phenoxy) is 2. The second-order valence-electron chi connectivity index (χ2n) is 8.90. The van der Waals surface area contributed by atoms with Crippen LogP contribution in [0.5, 0.6) is 11.5 Å². The van der Waals surface area contributed by atoms with Gasteiger partial charge in [-0.1, -0.05) is 38.1 Å². The van der Waals surface area contributed by atoms with Crippen molar-refractivity contribution in [3.05, 3.63) is 83.3 Å². The van der Waals surface area contributed by atoms with Crippen molar-refractivity contribution in [3.63, 3.8) is 0 Å². The highest BCUT2D eigenvalue weighted by atomic mass is 16.7. The summed E-state index contributed by atoms with van der Waals surface area (Å²) < 4.78 is 16.6. The van der Waals surface area contributed by atoms with Crippen molar-refractivity contribution in [2.24, 2.45) is 5.92 Å². The summed E-state index contributed by atoms with van der Waals surface area (Å²) in [6, 6.07) is 18.5. The Morgan fingerprint density at radius 1 is 0.912 bits per heavy atom. The van der Waals surface area contributed by atoms with E-state index in [2.05, 4.69) is 0 Å². The second kappa shape index (κ2) is 10.5. The van der Waals surface area contributed by atoms with Crippen molar-refractivity contribution in [2.75, 3.05) is 19.9 Å². The lowest BCUT2D eigenvalue weighted by Gasteiger charge is -2.28. The monoisotopic (exact) mass is 462 g/mol. The van der Waals surface area contributed by atoms with E-state index >= 15 is 0 Å². The van der Waals surface area contributed by atoms with Crippen LogP contribution < -0.4 is 9.47 Å². The maximum atomic E-state index is 13.6. The minimum Gasteiger partial charge on any atom is -0.464 e. The summed E-state index contributed by atoms with van der Waals surface area (Å²) in [7, 11) is 0. The lowest BCUT2D eigenvalue weighted by atomic mass is 10.1. The van der Waals surface area contributed by atoms with E-state index in [9.17, 15) is 9.59 Å². The summed E-state index contributed by atoms with van der Waals surface area (Å²) in [5.74, 6) is 2.74. The summed E-state index contributed by atoms with van der Waals surface area (Å²) in [4.78, 5) is 30.1. The van der Waals surface area contributed by atoms with E-state index in [0.29, 0.717) is 42.5 Å². The number of hydrogen-bond acceptors (Lipinski definition) is 5. The van der Waals surface area contributed by atoms with Gasteiger partial charge in [0, 0.05) is 18.7 Å². The Kier molecular flexibility index (Phi) is 7.21. The number of carbonyl (C=O) groups is 2. The Morgan fingerprint density at radius 3 is 2.38 bits per heavy atom. The first-order chi connectivity index (χ1) is 16.4. The molecule has 0 spiro atoms. The summed E-state index contributed by atoms with van der Waals surface area (Å²) in [5, 5.41) is 0. The fourth-order valence-electron chi connectivity index (χ4n) is 3.94. The van der Waals surface area contributed by atoms with Gasteiger partial charge in [0.15, 0.2) is 11.5 Å². The maximum absolute atomic E-state index is 13.6. The minimum absolute atomic E-state index is 0.0177. The molecule has 7 heteroatoms. The summed E-state index contributed by atoms with van der Waals surface area (Å²) >= 11 is 0. The summed E-state index contributed by atoms with van der Waals surface area (Å²) in [5.41, 5.74) is 1.48. The van der Waals surface area contributed by atoms with Crippen LogP contribution >= 0.6 is 0 Å². The molecule has 0 atom stereocenters. The molecule has 0 fully saturated rings. The largest absolute Gasteiger partial charge is 0.464 e. The second-order valence-corrected chi connectivity index (χ2v) is 8.90. The van der Waals surface area contributed by atoms with Crippen molar-refractivity contribution in [1.82, 2.24) is 9.80 Å². The van der Waals surface area contributed by atoms with Gasteiger partial charge in [0.1, 0.15) is 18.1 Å². The molecule has 1 aromatic heterocycles. The van der Waals surface area contributed by atoms with Crippen LogP contribution in [0.15, 0.2) is 65.1 Å². The number of hydrogen-bond donors (Lipinski definition) is 0. The molecule has 4 rings (SSSR count). The fraction of sp³-hybridized carbons (Fsp3) is 0.333. The van der Waals surface area contributed by atoms with Gasteiger partial charge in [-0.3, -0.25) is 9.59 Å². The Labute approximate surface area is 199 Å². The van der Waals surface area contributed by atoms with Crippen LogP contribution in [-0.2, 0) is 17.9 Å². The van der Waals surface area contributed by atoms with E-state index in [0.717, 1.165) is 11.3 Å². The molecule has 1 aliphatic rings. The summed E-state index contributed by atoms with van der Waals surface area (Å²) in [6.45, 7) is 7.25. The molecule has 2 aromatic carbocycles. The van der Waals surface area contributed by atoms with Gasteiger partial charge in [-0.15, -0.1) is 0 Å². The lowest BCUT2D eigenvalue weighted by molar-refractivity contribution is -0.133. The number of benzene rings is 2.